The van der Waals surface area contributed by atoms with E-state index in [0.717, 1.165) is 26.1 Å². The summed E-state index contributed by atoms with van der Waals surface area (Å²) in [5.74, 6) is 0.257. The molecule has 0 aromatic carbocycles. The summed E-state index contributed by atoms with van der Waals surface area (Å²) in [7, 11) is 3.87. The van der Waals surface area contributed by atoms with Crippen molar-refractivity contribution in [1.29, 1.82) is 0 Å². The van der Waals surface area contributed by atoms with Crippen molar-refractivity contribution < 1.29 is 9.90 Å². The number of carbonyl (C=O) groups is 1. The second-order valence-electron chi connectivity index (χ2n) is 5.04. The molecule has 6 heteroatoms. The maximum absolute atomic E-state index is 11.2. The normalized spacial score (nSPS) is 20.3. The van der Waals surface area contributed by atoms with Gasteiger partial charge in [0.25, 0.3) is 0 Å². The van der Waals surface area contributed by atoms with E-state index in [1.165, 1.54) is 0 Å². The summed E-state index contributed by atoms with van der Waals surface area (Å²) in [6.07, 6.45) is 1.16. The van der Waals surface area contributed by atoms with Gasteiger partial charge in [0.2, 0.25) is 0 Å². The van der Waals surface area contributed by atoms with Gasteiger partial charge in [-0.25, -0.2) is 4.79 Å². The van der Waals surface area contributed by atoms with Crippen LogP contribution in [0.3, 0.4) is 0 Å². The minimum absolute atomic E-state index is 0.281. The third kappa shape index (κ3) is 2.48. The van der Waals surface area contributed by atoms with Gasteiger partial charge in [-0.05, 0) is 32.9 Å². The van der Waals surface area contributed by atoms with Gasteiger partial charge in [-0.2, -0.15) is 5.10 Å². The van der Waals surface area contributed by atoms with Crippen LogP contribution in [0.2, 0.25) is 0 Å². The van der Waals surface area contributed by atoms with Crippen molar-refractivity contribution in [3.05, 3.63) is 11.3 Å². The lowest BCUT2D eigenvalue weighted by molar-refractivity contribution is 0.0697. The highest BCUT2D eigenvalue weighted by atomic mass is 16.4. The largest absolute Gasteiger partial charge is 0.477 e. The molecule has 1 aliphatic rings. The first-order valence-electron chi connectivity index (χ1n) is 6.18. The molecule has 1 aliphatic heterocycles. The maximum atomic E-state index is 11.2. The van der Waals surface area contributed by atoms with E-state index >= 15 is 0 Å². The zero-order valence-electron chi connectivity index (χ0n) is 11.1. The summed E-state index contributed by atoms with van der Waals surface area (Å²) in [4.78, 5) is 13.5. The average molecular weight is 252 g/mol. The van der Waals surface area contributed by atoms with Crippen LogP contribution in [0.15, 0.2) is 0 Å². The maximum Gasteiger partial charge on any atom is 0.341 e. The molecular formula is C12H20N4O2. The van der Waals surface area contributed by atoms with Gasteiger partial charge >= 0.3 is 5.97 Å². The Labute approximate surface area is 107 Å². The molecule has 1 aromatic heterocycles. The summed E-state index contributed by atoms with van der Waals surface area (Å²) in [5.41, 5.74) is 0.833. The third-order valence-electron chi connectivity index (χ3n) is 3.48. The molecular weight excluding hydrogens is 232 g/mol. The van der Waals surface area contributed by atoms with Gasteiger partial charge in [0.1, 0.15) is 11.4 Å². The van der Waals surface area contributed by atoms with Crippen LogP contribution >= 0.6 is 0 Å². The Morgan fingerprint density at radius 2 is 2.28 bits per heavy atom. The van der Waals surface area contributed by atoms with Crippen molar-refractivity contribution >= 4 is 11.8 Å². The summed E-state index contributed by atoms with van der Waals surface area (Å²) >= 11 is 0. The molecule has 6 nitrogen and oxygen atoms in total. The molecule has 0 amide bonds. The molecule has 18 heavy (non-hydrogen) atoms. The van der Waals surface area contributed by atoms with Crippen LogP contribution in [0.4, 0.5) is 5.82 Å². The van der Waals surface area contributed by atoms with Gasteiger partial charge in [-0.3, -0.25) is 4.68 Å². The Kier molecular flexibility index (Phi) is 3.56. The highest BCUT2D eigenvalue weighted by Gasteiger charge is 2.23. The topological polar surface area (TPSA) is 70.4 Å². The Morgan fingerprint density at radius 1 is 1.56 bits per heavy atom. The first kappa shape index (κ1) is 12.9. The highest BCUT2D eigenvalue weighted by Crippen LogP contribution is 2.21. The monoisotopic (exact) mass is 252 g/mol. The first-order chi connectivity index (χ1) is 8.49. The predicted molar refractivity (Wildman–Crippen MR) is 69.0 cm³/mol. The summed E-state index contributed by atoms with van der Waals surface area (Å²) < 4.78 is 1.61. The van der Waals surface area contributed by atoms with Gasteiger partial charge in [0.05, 0.1) is 5.69 Å². The number of nitrogens with one attached hydrogen (secondary N) is 1. The Balaban J connectivity index is 2.07. The summed E-state index contributed by atoms with van der Waals surface area (Å²) in [5, 5.41) is 16.6. The van der Waals surface area contributed by atoms with Crippen LogP contribution < -0.4 is 5.32 Å². The van der Waals surface area contributed by atoms with Crippen molar-refractivity contribution in [1.82, 2.24) is 14.7 Å². The van der Waals surface area contributed by atoms with Crippen molar-refractivity contribution in [2.45, 2.75) is 13.3 Å². The van der Waals surface area contributed by atoms with Gasteiger partial charge in [-0.1, -0.05) is 0 Å². The van der Waals surface area contributed by atoms with Crippen LogP contribution in [-0.4, -0.2) is 52.4 Å². The summed E-state index contributed by atoms with van der Waals surface area (Å²) in [6, 6.07) is 0. The summed E-state index contributed by atoms with van der Waals surface area (Å²) in [6.45, 7) is 4.69. The fourth-order valence-electron chi connectivity index (χ4n) is 2.55. The van der Waals surface area contributed by atoms with Crippen LogP contribution in [0.5, 0.6) is 0 Å². The number of aromatic carboxylic acids is 1. The van der Waals surface area contributed by atoms with Crippen LogP contribution in [0, 0.1) is 12.8 Å². The van der Waals surface area contributed by atoms with Gasteiger partial charge in [0.15, 0.2) is 0 Å². The van der Waals surface area contributed by atoms with E-state index in [0.29, 0.717) is 17.4 Å². The van der Waals surface area contributed by atoms with E-state index in [1.807, 2.05) is 0 Å². The molecule has 0 radical (unpaired) electrons. The minimum atomic E-state index is -0.924. The second-order valence-corrected chi connectivity index (χ2v) is 5.04. The minimum Gasteiger partial charge on any atom is -0.477 e. The fourth-order valence-corrected chi connectivity index (χ4v) is 2.55. The van der Waals surface area contributed by atoms with Crippen LogP contribution in [0.1, 0.15) is 22.5 Å². The zero-order valence-corrected chi connectivity index (χ0v) is 11.1. The molecule has 0 aliphatic carbocycles. The van der Waals surface area contributed by atoms with Crippen molar-refractivity contribution in [3.63, 3.8) is 0 Å². The molecule has 0 bridgehead atoms. The number of aromatic nitrogens is 2. The van der Waals surface area contributed by atoms with Gasteiger partial charge in [0, 0.05) is 20.1 Å². The van der Waals surface area contributed by atoms with Crippen LogP contribution in [0.25, 0.3) is 0 Å². The number of rotatable bonds is 4. The molecule has 1 saturated heterocycles. The van der Waals surface area contributed by atoms with Crippen LogP contribution in [-0.2, 0) is 7.05 Å². The van der Waals surface area contributed by atoms with E-state index < -0.39 is 5.97 Å². The quantitative estimate of drug-likeness (QED) is 0.829. The number of anilines is 1. The number of hydrogen-bond donors (Lipinski definition) is 2. The number of hydrogen-bond acceptors (Lipinski definition) is 4. The smallest absolute Gasteiger partial charge is 0.341 e. The van der Waals surface area contributed by atoms with E-state index in [2.05, 4.69) is 22.4 Å². The molecule has 2 N–H and O–H groups in total. The average Bonchev–Trinajstić information content (AvgIpc) is 2.79. The number of nitrogens with zero attached hydrogens (tertiary/aromatic N) is 3. The number of carboxylic acids is 1. The first-order valence-corrected chi connectivity index (χ1v) is 6.18. The molecule has 100 valence electrons. The number of likely N-dealkylation sites (tertiary alicyclic amines) is 1. The molecule has 1 fully saturated rings. The zero-order chi connectivity index (χ0) is 13.3. The van der Waals surface area contributed by atoms with E-state index in [9.17, 15) is 9.90 Å². The lowest BCUT2D eigenvalue weighted by atomic mass is 10.1. The SMILES string of the molecule is Cc1nn(C)c(NCC2CCN(C)C2)c1C(=O)O. The highest BCUT2D eigenvalue weighted by molar-refractivity contribution is 5.94. The van der Waals surface area contributed by atoms with Crippen molar-refractivity contribution in [2.75, 3.05) is 32.0 Å². The van der Waals surface area contributed by atoms with E-state index in [4.69, 9.17) is 0 Å². The number of aryl methyl sites for hydroxylation is 2. The lowest BCUT2D eigenvalue weighted by Gasteiger charge is -2.13. The number of carboxylic acid groups (broad SMARTS) is 1. The van der Waals surface area contributed by atoms with Crippen molar-refractivity contribution in [3.8, 4) is 0 Å². The molecule has 1 unspecified atom stereocenters. The Morgan fingerprint density at radius 3 is 2.83 bits per heavy atom. The van der Waals surface area contributed by atoms with Crippen molar-refractivity contribution in [2.24, 2.45) is 13.0 Å². The standard InChI is InChI=1S/C12H20N4O2/c1-8-10(12(17)18)11(16(3)14-8)13-6-9-4-5-15(2)7-9/h9,13H,4-7H2,1-3H3,(H,17,18). The molecule has 0 saturated carbocycles. The lowest BCUT2D eigenvalue weighted by Crippen LogP contribution is -2.20. The van der Waals surface area contributed by atoms with Gasteiger partial charge < -0.3 is 15.3 Å². The van der Waals surface area contributed by atoms with E-state index in [1.54, 1.807) is 18.7 Å². The predicted octanol–water partition coefficient (Wildman–Crippen LogP) is 0.790. The second kappa shape index (κ2) is 4.97. The molecule has 1 aromatic rings. The molecule has 2 rings (SSSR count). The van der Waals surface area contributed by atoms with Gasteiger partial charge in [-0.15, -0.1) is 0 Å². The Hall–Kier alpha value is -1.56. The van der Waals surface area contributed by atoms with E-state index in [-0.39, 0.29) is 5.56 Å². The fraction of sp³-hybridized carbons (Fsp3) is 0.667. The molecule has 1 atom stereocenters. The molecule has 2 heterocycles. The Bertz CT molecular complexity index is 455. The third-order valence-corrected chi connectivity index (χ3v) is 3.48. The molecule has 0 spiro atoms.